The molecule has 0 saturated carbocycles. The first-order valence-corrected chi connectivity index (χ1v) is 13.9. The van der Waals surface area contributed by atoms with E-state index in [-0.39, 0.29) is 34.7 Å². The molecule has 0 spiro atoms. The van der Waals surface area contributed by atoms with Crippen LogP contribution in [0.1, 0.15) is 68.6 Å². The van der Waals surface area contributed by atoms with Crippen LogP contribution in [0.25, 0.3) is 31.8 Å². The van der Waals surface area contributed by atoms with Crippen LogP contribution < -0.4 is 10.3 Å². The number of nitrogens with one attached hydrogen (secondary N) is 1. The number of fused-ring (bicyclic) bond motifs is 2. The number of likely N-dealkylation sites (tertiary alicyclic amines) is 1. The lowest BCUT2D eigenvalue weighted by Crippen LogP contribution is -3.18. The minimum absolute atomic E-state index is 0.109. The van der Waals surface area contributed by atoms with Crippen LogP contribution in [-0.4, -0.2) is 34.8 Å². The zero-order valence-electron chi connectivity index (χ0n) is 21.7. The van der Waals surface area contributed by atoms with Crippen LogP contribution >= 0.6 is 11.3 Å². The monoisotopic (exact) mass is 521 g/mol. The quantitative estimate of drug-likeness (QED) is 0.352. The van der Waals surface area contributed by atoms with E-state index in [2.05, 4.69) is 18.8 Å². The summed E-state index contributed by atoms with van der Waals surface area (Å²) in [7, 11) is 0. The lowest BCUT2D eigenvalue weighted by molar-refractivity contribution is -0.964. The van der Waals surface area contributed by atoms with Gasteiger partial charge in [0.15, 0.2) is 5.58 Å². The van der Waals surface area contributed by atoms with Gasteiger partial charge >= 0.3 is 5.97 Å². The topological polar surface area (TPSA) is 94.1 Å². The molecule has 194 valence electrons. The number of quaternary nitrogens is 1. The number of esters is 1. The van der Waals surface area contributed by atoms with Gasteiger partial charge < -0.3 is 19.2 Å². The average Bonchev–Trinajstić information content (AvgIpc) is 3.31. The fraction of sp³-hybridized carbons (Fsp3) is 0.414. The van der Waals surface area contributed by atoms with Crippen LogP contribution in [0.3, 0.4) is 0 Å². The zero-order valence-corrected chi connectivity index (χ0v) is 22.5. The predicted molar refractivity (Wildman–Crippen MR) is 146 cm³/mol. The maximum atomic E-state index is 14.1. The smallest absolute Gasteiger partial charge is 0.375 e. The van der Waals surface area contributed by atoms with Crippen LogP contribution in [0.5, 0.6) is 5.75 Å². The fourth-order valence-corrected chi connectivity index (χ4v) is 6.54. The predicted octanol–water partition coefficient (Wildman–Crippen LogP) is 4.86. The van der Waals surface area contributed by atoms with E-state index < -0.39 is 5.97 Å². The Morgan fingerprint density at radius 2 is 1.95 bits per heavy atom. The van der Waals surface area contributed by atoms with Crippen molar-refractivity contribution >= 4 is 38.5 Å². The number of aromatic hydroxyl groups is 1. The Morgan fingerprint density at radius 1 is 1.22 bits per heavy atom. The first-order chi connectivity index (χ1) is 17.8. The first kappa shape index (κ1) is 25.4. The minimum atomic E-state index is -0.715. The number of aromatic nitrogens is 1. The van der Waals surface area contributed by atoms with E-state index in [4.69, 9.17) is 9.15 Å². The molecule has 0 amide bonds. The molecular weight excluding hydrogens is 488 g/mol. The molecular formula is C29H33N2O5S+. The fourth-order valence-electron chi connectivity index (χ4n) is 5.53. The van der Waals surface area contributed by atoms with Crippen molar-refractivity contribution < 1.29 is 24.0 Å². The van der Waals surface area contributed by atoms with Crippen molar-refractivity contribution in [2.45, 2.75) is 72.0 Å². The van der Waals surface area contributed by atoms with E-state index in [0.29, 0.717) is 46.6 Å². The van der Waals surface area contributed by atoms with Gasteiger partial charge in [0.25, 0.3) is 0 Å². The highest BCUT2D eigenvalue weighted by molar-refractivity contribution is 7.21. The van der Waals surface area contributed by atoms with Gasteiger partial charge in [-0.3, -0.25) is 4.79 Å². The van der Waals surface area contributed by atoms with Gasteiger partial charge in [-0.25, -0.2) is 9.78 Å². The summed E-state index contributed by atoms with van der Waals surface area (Å²) in [6.07, 6.45) is 3.95. The number of hydrogen-bond acceptors (Lipinski definition) is 7. The number of ether oxygens (including phenoxy) is 1. The number of nitrogens with zero attached hydrogens (tertiary/aromatic N) is 1. The molecule has 2 N–H and O–H groups in total. The maximum absolute atomic E-state index is 14.1. The highest BCUT2D eigenvalue weighted by Crippen LogP contribution is 2.36. The summed E-state index contributed by atoms with van der Waals surface area (Å²) in [5.41, 5.74) is 2.03. The number of phenols is 1. The highest BCUT2D eigenvalue weighted by Gasteiger charge is 2.33. The van der Waals surface area contributed by atoms with E-state index in [9.17, 15) is 14.7 Å². The maximum Gasteiger partial charge on any atom is 0.375 e. The summed E-state index contributed by atoms with van der Waals surface area (Å²) in [4.78, 5) is 33.2. The number of carbonyl (C=O) groups is 1. The molecule has 1 aliphatic rings. The van der Waals surface area contributed by atoms with Crippen molar-refractivity contribution in [2.24, 2.45) is 0 Å². The summed E-state index contributed by atoms with van der Waals surface area (Å²) in [6, 6.07) is 10.1. The van der Waals surface area contributed by atoms with Gasteiger partial charge in [0.05, 0.1) is 39.9 Å². The van der Waals surface area contributed by atoms with Crippen LogP contribution in [0.15, 0.2) is 39.5 Å². The molecule has 1 saturated heterocycles. The molecule has 7 nitrogen and oxygen atoms in total. The molecule has 0 bridgehead atoms. The molecule has 2 atom stereocenters. The second kappa shape index (κ2) is 10.3. The number of para-hydroxylation sites is 1. The van der Waals surface area contributed by atoms with Gasteiger partial charge in [0.2, 0.25) is 11.2 Å². The van der Waals surface area contributed by atoms with Gasteiger partial charge in [0, 0.05) is 0 Å². The van der Waals surface area contributed by atoms with Crippen LogP contribution in [0.2, 0.25) is 0 Å². The number of piperidine rings is 1. The van der Waals surface area contributed by atoms with Crippen molar-refractivity contribution in [1.29, 1.82) is 0 Å². The van der Waals surface area contributed by atoms with Gasteiger partial charge in [-0.2, -0.15) is 0 Å². The number of aryl methyl sites for hydroxylation is 1. The molecule has 8 heteroatoms. The summed E-state index contributed by atoms with van der Waals surface area (Å²) < 4.78 is 12.5. The lowest BCUT2D eigenvalue weighted by atomic mass is 9.95. The molecule has 0 unspecified atom stereocenters. The second-order valence-corrected chi connectivity index (χ2v) is 11.0. The number of thiazole rings is 1. The van der Waals surface area contributed by atoms with E-state index in [1.165, 1.54) is 22.7 Å². The third kappa shape index (κ3) is 4.53. The van der Waals surface area contributed by atoms with Crippen LogP contribution in [0, 0.1) is 0 Å². The van der Waals surface area contributed by atoms with Gasteiger partial charge in [0.1, 0.15) is 22.9 Å². The van der Waals surface area contributed by atoms with E-state index >= 15 is 0 Å². The summed E-state index contributed by atoms with van der Waals surface area (Å²) in [5, 5.41) is 12.1. The number of rotatable bonds is 6. The standard InChI is InChI=1S/C29H32N2O5S/c1-5-18-14-19-25(33)23(28-30-21-12-7-8-13-22(21)37-28)27(29(34)35-6-2)36-26(19)20(24(18)32)15-31-16(3)10-9-11-17(31)4/h7-8,12-14,16-17,32H,5-6,9-11,15H2,1-4H3/p+1/t16-,17-/m0/s1. The number of hydrogen-bond donors (Lipinski definition) is 2. The Balaban J connectivity index is 1.79. The molecule has 4 aromatic rings. The molecule has 5 rings (SSSR count). The lowest BCUT2D eigenvalue weighted by Gasteiger charge is -2.36. The highest BCUT2D eigenvalue weighted by atomic mass is 32.1. The molecule has 37 heavy (non-hydrogen) atoms. The third-order valence-corrected chi connectivity index (χ3v) is 8.65. The molecule has 2 aromatic carbocycles. The van der Waals surface area contributed by atoms with E-state index in [1.54, 1.807) is 13.0 Å². The number of benzene rings is 2. The zero-order chi connectivity index (χ0) is 26.3. The second-order valence-electron chi connectivity index (χ2n) is 9.92. The normalized spacial score (nSPS) is 18.5. The summed E-state index contributed by atoms with van der Waals surface area (Å²) in [5.74, 6) is -0.746. The Hall–Kier alpha value is -3.23. The molecule has 1 aliphatic heterocycles. The van der Waals surface area contributed by atoms with Crippen molar-refractivity contribution in [3.8, 4) is 16.3 Å². The molecule has 0 radical (unpaired) electrons. The molecule has 0 aliphatic carbocycles. The summed E-state index contributed by atoms with van der Waals surface area (Å²) >= 11 is 1.34. The largest absolute Gasteiger partial charge is 0.507 e. The van der Waals surface area contributed by atoms with Crippen molar-refractivity contribution in [1.82, 2.24) is 4.98 Å². The van der Waals surface area contributed by atoms with Crippen LogP contribution in [-0.2, 0) is 17.7 Å². The van der Waals surface area contributed by atoms with Crippen molar-refractivity contribution in [2.75, 3.05) is 6.61 Å². The first-order valence-electron chi connectivity index (χ1n) is 13.1. The molecule has 1 fully saturated rings. The average molecular weight is 522 g/mol. The summed E-state index contributed by atoms with van der Waals surface area (Å²) in [6.45, 7) is 8.75. The van der Waals surface area contributed by atoms with Crippen LogP contribution in [0.4, 0.5) is 0 Å². The van der Waals surface area contributed by atoms with E-state index in [0.717, 1.165) is 23.1 Å². The van der Waals surface area contributed by atoms with E-state index in [1.807, 2.05) is 31.2 Å². The Labute approximate surface area is 219 Å². The minimum Gasteiger partial charge on any atom is -0.507 e. The van der Waals surface area contributed by atoms with Crippen molar-refractivity contribution in [3.63, 3.8) is 0 Å². The van der Waals surface area contributed by atoms with Crippen molar-refractivity contribution in [3.05, 3.63) is 57.4 Å². The molecule has 3 heterocycles. The number of phenolic OH excluding ortho intramolecular Hbond substituents is 1. The Bertz CT molecular complexity index is 1500. The van der Waals surface area contributed by atoms with Gasteiger partial charge in [-0.05, 0) is 70.2 Å². The third-order valence-electron chi connectivity index (χ3n) is 7.60. The Morgan fingerprint density at radius 3 is 2.62 bits per heavy atom. The van der Waals surface area contributed by atoms with Gasteiger partial charge in [-0.1, -0.05) is 19.1 Å². The number of carbonyl (C=O) groups excluding carboxylic acids is 1. The Kier molecular flexibility index (Phi) is 7.05. The SMILES string of the molecule is CCOC(=O)c1oc2c(C[NH+]3[C@@H](C)CCC[C@@H]3C)c(O)c(CC)cc2c(=O)c1-c1nc2ccccc2s1. The van der Waals surface area contributed by atoms with Gasteiger partial charge in [-0.15, -0.1) is 11.3 Å². The molecule has 2 aromatic heterocycles.